The van der Waals surface area contributed by atoms with Gasteiger partial charge < -0.3 is 0 Å². The molecule has 31 heavy (non-hydrogen) atoms. The van der Waals surface area contributed by atoms with Gasteiger partial charge in [0, 0.05) is 11.8 Å². The number of carbonyl (C=O) groups is 2. The van der Waals surface area contributed by atoms with E-state index in [2.05, 4.69) is 56.3 Å². The highest BCUT2D eigenvalue weighted by molar-refractivity contribution is 6.23. The standard InChI is InChI=1S/C28H25NO2/c1-15(2)17-11-12-21-22(14-17)24-20-10-5-4-9-19(20)23(21)25-26(24)28(31)29(27(25)30)18-8-6-7-16(3)13-18/h4-15,23-26H,1-3H3/t23-,24-,25-,26-/m1/s1. The maximum absolute atomic E-state index is 13.8. The van der Waals surface area contributed by atoms with Crippen molar-refractivity contribution < 1.29 is 9.59 Å². The van der Waals surface area contributed by atoms with Gasteiger partial charge in [-0.25, -0.2) is 4.90 Å². The number of rotatable bonds is 2. The van der Waals surface area contributed by atoms with E-state index >= 15 is 0 Å². The minimum atomic E-state index is -0.331. The minimum absolute atomic E-state index is 0.0503. The number of benzene rings is 3. The Hall–Kier alpha value is -3.20. The van der Waals surface area contributed by atoms with Gasteiger partial charge in [-0.15, -0.1) is 0 Å². The van der Waals surface area contributed by atoms with E-state index in [1.807, 2.05) is 31.2 Å². The normalized spacial score (nSPS) is 25.6. The van der Waals surface area contributed by atoms with Crippen LogP contribution in [0, 0.1) is 18.8 Å². The molecule has 4 atom stereocenters. The van der Waals surface area contributed by atoms with Crippen molar-refractivity contribution in [3.05, 3.63) is 100 Å². The van der Waals surface area contributed by atoms with Gasteiger partial charge in [-0.1, -0.05) is 68.4 Å². The van der Waals surface area contributed by atoms with Gasteiger partial charge in [0.1, 0.15) is 0 Å². The molecule has 0 radical (unpaired) electrons. The van der Waals surface area contributed by atoms with Crippen LogP contribution >= 0.6 is 0 Å². The molecule has 154 valence electrons. The first-order chi connectivity index (χ1) is 15.0. The van der Waals surface area contributed by atoms with Gasteiger partial charge >= 0.3 is 0 Å². The fourth-order valence-electron chi connectivity index (χ4n) is 6.13. The Morgan fingerprint density at radius 3 is 1.94 bits per heavy atom. The quantitative estimate of drug-likeness (QED) is 0.525. The van der Waals surface area contributed by atoms with E-state index in [9.17, 15) is 9.59 Å². The molecular formula is C28H25NO2. The molecule has 1 aliphatic heterocycles. The molecule has 2 amide bonds. The van der Waals surface area contributed by atoms with Gasteiger partial charge in [-0.3, -0.25) is 9.59 Å². The predicted octanol–water partition coefficient (Wildman–Crippen LogP) is 5.52. The van der Waals surface area contributed by atoms with Crippen LogP contribution in [0.25, 0.3) is 0 Å². The van der Waals surface area contributed by atoms with E-state index in [0.29, 0.717) is 11.6 Å². The molecule has 0 N–H and O–H groups in total. The lowest BCUT2D eigenvalue weighted by Gasteiger charge is -2.46. The summed E-state index contributed by atoms with van der Waals surface area (Å²) in [6.07, 6.45) is 0. The van der Waals surface area contributed by atoms with Crippen LogP contribution in [0.15, 0.2) is 66.7 Å². The molecule has 0 aromatic heterocycles. The third kappa shape index (κ3) is 2.40. The summed E-state index contributed by atoms with van der Waals surface area (Å²) in [7, 11) is 0. The zero-order valence-corrected chi connectivity index (χ0v) is 18.0. The van der Waals surface area contributed by atoms with E-state index in [-0.39, 0.29) is 35.5 Å². The fourth-order valence-corrected chi connectivity index (χ4v) is 6.13. The second-order valence-corrected chi connectivity index (χ2v) is 9.53. The number of amides is 2. The van der Waals surface area contributed by atoms with Crippen molar-refractivity contribution in [3.63, 3.8) is 0 Å². The number of aryl methyl sites for hydroxylation is 1. The van der Waals surface area contributed by atoms with Crippen LogP contribution in [-0.4, -0.2) is 11.8 Å². The topological polar surface area (TPSA) is 37.4 Å². The van der Waals surface area contributed by atoms with Crippen LogP contribution < -0.4 is 4.90 Å². The summed E-state index contributed by atoms with van der Waals surface area (Å²) in [4.78, 5) is 29.0. The molecule has 4 aliphatic rings. The van der Waals surface area contributed by atoms with Gasteiger partial charge in [-0.05, 0) is 58.4 Å². The maximum Gasteiger partial charge on any atom is 0.238 e. The van der Waals surface area contributed by atoms with Gasteiger partial charge in [0.2, 0.25) is 11.8 Å². The number of nitrogens with zero attached hydrogens (tertiary/aromatic N) is 1. The Labute approximate surface area is 182 Å². The van der Waals surface area contributed by atoms with Crippen LogP contribution in [0.5, 0.6) is 0 Å². The van der Waals surface area contributed by atoms with E-state index in [1.165, 1.54) is 32.7 Å². The number of carbonyl (C=O) groups excluding carboxylic acids is 2. The zero-order chi connectivity index (χ0) is 21.4. The zero-order valence-electron chi connectivity index (χ0n) is 18.0. The minimum Gasteiger partial charge on any atom is -0.274 e. The average Bonchev–Trinajstić information content (AvgIpc) is 3.04. The van der Waals surface area contributed by atoms with Crippen molar-refractivity contribution in [3.8, 4) is 0 Å². The van der Waals surface area contributed by atoms with Crippen LogP contribution in [0.2, 0.25) is 0 Å². The van der Waals surface area contributed by atoms with Gasteiger partial charge in [0.15, 0.2) is 0 Å². The van der Waals surface area contributed by atoms with Crippen molar-refractivity contribution in [2.75, 3.05) is 4.90 Å². The molecule has 3 aliphatic carbocycles. The Bertz CT molecular complexity index is 1260. The third-order valence-electron chi connectivity index (χ3n) is 7.49. The molecule has 1 heterocycles. The highest BCUT2D eigenvalue weighted by Crippen LogP contribution is 2.61. The van der Waals surface area contributed by atoms with E-state index in [1.54, 1.807) is 0 Å². The lowest BCUT2D eigenvalue weighted by Crippen LogP contribution is -2.41. The van der Waals surface area contributed by atoms with Crippen molar-refractivity contribution in [1.29, 1.82) is 0 Å². The lowest BCUT2D eigenvalue weighted by molar-refractivity contribution is -0.122. The molecule has 0 saturated carbocycles. The molecule has 3 heteroatoms. The molecular weight excluding hydrogens is 382 g/mol. The van der Waals surface area contributed by atoms with Crippen molar-refractivity contribution >= 4 is 17.5 Å². The second kappa shape index (κ2) is 6.40. The summed E-state index contributed by atoms with van der Waals surface area (Å²) in [5.74, 6) is -0.469. The Kier molecular flexibility index (Phi) is 3.83. The van der Waals surface area contributed by atoms with Crippen molar-refractivity contribution in [2.45, 2.75) is 38.5 Å². The number of anilines is 1. The molecule has 7 rings (SSSR count). The smallest absolute Gasteiger partial charge is 0.238 e. The summed E-state index contributed by atoms with van der Waals surface area (Å²) in [6, 6.07) is 22.8. The Morgan fingerprint density at radius 1 is 0.710 bits per heavy atom. The summed E-state index contributed by atoms with van der Waals surface area (Å²) >= 11 is 0. The third-order valence-corrected chi connectivity index (χ3v) is 7.49. The molecule has 0 spiro atoms. The average molecular weight is 408 g/mol. The summed E-state index contributed by atoms with van der Waals surface area (Å²) in [5.41, 5.74) is 7.92. The fraction of sp³-hybridized carbons (Fsp3) is 0.286. The number of hydrogen-bond acceptors (Lipinski definition) is 2. The van der Waals surface area contributed by atoms with Crippen molar-refractivity contribution in [2.24, 2.45) is 11.8 Å². The molecule has 3 aromatic rings. The monoisotopic (exact) mass is 407 g/mol. The second-order valence-electron chi connectivity index (χ2n) is 9.53. The summed E-state index contributed by atoms with van der Waals surface area (Å²) in [6.45, 7) is 6.39. The van der Waals surface area contributed by atoms with Crippen molar-refractivity contribution in [1.82, 2.24) is 0 Å². The molecule has 0 unspecified atom stereocenters. The molecule has 1 fully saturated rings. The summed E-state index contributed by atoms with van der Waals surface area (Å²) in [5, 5.41) is 0. The highest BCUT2D eigenvalue weighted by Gasteiger charge is 2.61. The Balaban J connectivity index is 1.57. The highest BCUT2D eigenvalue weighted by atomic mass is 16.2. The number of hydrogen-bond donors (Lipinski definition) is 0. The molecule has 2 bridgehead atoms. The first-order valence-electron chi connectivity index (χ1n) is 11.1. The van der Waals surface area contributed by atoms with Gasteiger partial charge in [-0.2, -0.15) is 0 Å². The number of imide groups is 1. The SMILES string of the molecule is Cc1cccc(N2C(=O)[C@@H]3[C@@H]4c5ccccc5[C@H](c5cc(C(C)C)ccc54)[C@H]3C2=O)c1. The van der Waals surface area contributed by atoms with Crippen LogP contribution in [-0.2, 0) is 9.59 Å². The lowest BCUT2D eigenvalue weighted by atomic mass is 9.54. The van der Waals surface area contributed by atoms with Gasteiger partial charge in [0.05, 0.1) is 17.5 Å². The van der Waals surface area contributed by atoms with E-state index < -0.39 is 0 Å². The first-order valence-corrected chi connectivity index (χ1v) is 11.1. The first kappa shape index (κ1) is 18.6. The predicted molar refractivity (Wildman–Crippen MR) is 121 cm³/mol. The van der Waals surface area contributed by atoms with Crippen LogP contribution in [0.1, 0.15) is 65.0 Å². The molecule has 1 saturated heterocycles. The molecule has 3 aromatic carbocycles. The Morgan fingerprint density at radius 2 is 1.32 bits per heavy atom. The molecule has 3 nitrogen and oxygen atoms in total. The largest absolute Gasteiger partial charge is 0.274 e. The summed E-state index contributed by atoms with van der Waals surface area (Å²) < 4.78 is 0. The maximum atomic E-state index is 13.8. The van der Waals surface area contributed by atoms with Gasteiger partial charge in [0.25, 0.3) is 0 Å². The van der Waals surface area contributed by atoms with E-state index in [4.69, 9.17) is 0 Å². The van der Waals surface area contributed by atoms with Crippen LogP contribution in [0.4, 0.5) is 5.69 Å². The van der Waals surface area contributed by atoms with E-state index in [0.717, 1.165) is 5.56 Å². The van der Waals surface area contributed by atoms with Crippen LogP contribution in [0.3, 0.4) is 0 Å².